The lowest BCUT2D eigenvalue weighted by atomic mass is 10.1. The minimum atomic E-state index is -0.842. The summed E-state index contributed by atoms with van der Waals surface area (Å²) in [5.41, 5.74) is -1.15. The molecular weight excluding hydrogens is 266 g/mol. The number of hydrogen-bond donors (Lipinski definition) is 0. The Labute approximate surface area is 114 Å². The zero-order valence-corrected chi connectivity index (χ0v) is 10.7. The van der Waals surface area contributed by atoms with Gasteiger partial charge in [0.25, 0.3) is 5.91 Å². The summed E-state index contributed by atoms with van der Waals surface area (Å²) in [5.74, 6) is -0.317. The monoisotopic (exact) mass is 279 g/mol. The molecule has 1 heterocycles. The Balaban J connectivity index is 2.33. The van der Waals surface area contributed by atoms with Crippen molar-refractivity contribution in [3.05, 3.63) is 44.0 Å². The fraction of sp³-hybridized carbons (Fsp3) is 0.417. The molecule has 2 rings (SSSR count). The van der Waals surface area contributed by atoms with Gasteiger partial charge in [-0.2, -0.15) is 0 Å². The Morgan fingerprint density at radius 2 is 1.60 bits per heavy atom. The molecule has 1 aliphatic rings. The number of piperidine rings is 1. The maximum atomic E-state index is 12.2. The summed E-state index contributed by atoms with van der Waals surface area (Å²) in [6.45, 7) is 1.23. The SMILES string of the molecule is O=C(c1ccc([N+](=O)[O-])c([N+](=O)[O-])c1)N1CCCCC1. The van der Waals surface area contributed by atoms with E-state index in [2.05, 4.69) is 0 Å². The first kappa shape index (κ1) is 13.9. The Hall–Kier alpha value is -2.51. The zero-order valence-electron chi connectivity index (χ0n) is 10.7. The number of carbonyl (C=O) groups excluding carboxylic acids is 1. The van der Waals surface area contributed by atoms with Crippen molar-refractivity contribution in [2.45, 2.75) is 19.3 Å². The van der Waals surface area contributed by atoms with Crippen LogP contribution in [0.1, 0.15) is 29.6 Å². The van der Waals surface area contributed by atoms with E-state index in [9.17, 15) is 25.0 Å². The lowest BCUT2D eigenvalue weighted by Crippen LogP contribution is -2.35. The Morgan fingerprint density at radius 1 is 1.00 bits per heavy atom. The number of likely N-dealkylation sites (tertiary alicyclic amines) is 1. The highest BCUT2D eigenvalue weighted by Crippen LogP contribution is 2.28. The fourth-order valence-electron chi connectivity index (χ4n) is 2.24. The van der Waals surface area contributed by atoms with E-state index in [0.717, 1.165) is 31.4 Å². The van der Waals surface area contributed by atoms with Crippen molar-refractivity contribution in [3.63, 3.8) is 0 Å². The topological polar surface area (TPSA) is 107 Å². The Kier molecular flexibility index (Phi) is 3.92. The van der Waals surface area contributed by atoms with Crippen LogP contribution < -0.4 is 0 Å². The molecule has 1 amide bonds. The molecule has 0 unspecified atom stereocenters. The van der Waals surface area contributed by atoms with Gasteiger partial charge in [0, 0.05) is 30.8 Å². The molecular formula is C12H13N3O5. The number of carbonyl (C=O) groups is 1. The number of benzene rings is 1. The average molecular weight is 279 g/mol. The molecule has 1 saturated heterocycles. The summed E-state index contributed by atoms with van der Waals surface area (Å²) in [7, 11) is 0. The van der Waals surface area contributed by atoms with Crippen LogP contribution in [-0.2, 0) is 0 Å². The molecule has 0 aliphatic carbocycles. The molecule has 0 saturated carbocycles. The van der Waals surface area contributed by atoms with Crippen molar-refractivity contribution in [2.24, 2.45) is 0 Å². The second-order valence-corrected chi connectivity index (χ2v) is 4.57. The lowest BCUT2D eigenvalue weighted by Gasteiger charge is -2.26. The molecule has 8 heteroatoms. The number of nitro benzene ring substituents is 2. The van der Waals surface area contributed by atoms with Crippen LogP contribution in [0.15, 0.2) is 18.2 Å². The lowest BCUT2D eigenvalue weighted by molar-refractivity contribution is -0.422. The predicted molar refractivity (Wildman–Crippen MR) is 69.5 cm³/mol. The smallest absolute Gasteiger partial charge is 0.339 e. The van der Waals surface area contributed by atoms with Crippen LogP contribution in [0.5, 0.6) is 0 Å². The van der Waals surface area contributed by atoms with Gasteiger partial charge in [0.2, 0.25) is 0 Å². The van der Waals surface area contributed by atoms with E-state index in [1.54, 1.807) is 4.90 Å². The first-order chi connectivity index (χ1) is 9.50. The normalized spacial score (nSPS) is 14.9. The molecule has 0 bridgehead atoms. The highest BCUT2D eigenvalue weighted by Gasteiger charge is 2.27. The highest BCUT2D eigenvalue weighted by molar-refractivity contribution is 5.95. The summed E-state index contributed by atoms with van der Waals surface area (Å²) >= 11 is 0. The van der Waals surface area contributed by atoms with E-state index < -0.39 is 21.2 Å². The second-order valence-electron chi connectivity index (χ2n) is 4.57. The number of amides is 1. The van der Waals surface area contributed by atoms with Crippen molar-refractivity contribution in [1.82, 2.24) is 4.90 Å². The Bertz CT molecular complexity index is 566. The number of rotatable bonds is 3. The van der Waals surface area contributed by atoms with Crippen molar-refractivity contribution in [1.29, 1.82) is 0 Å². The van der Waals surface area contributed by atoms with Crippen molar-refractivity contribution in [3.8, 4) is 0 Å². The molecule has 8 nitrogen and oxygen atoms in total. The van der Waals surface area contributed by atoms with Crippen molar-refractivity contribution in [2.75, 3.05) is 13.1 Å². The molecule has 0 radical (unpaired) electrons. The molecule has 1 aromatic rings. The van der Waals surface area contributed by atoms with E-state index in [4.69, 9.17) is 0 Å². The van der Waals surface area contributed by atoms with Crippen LogP contribution in [0.3, 0.4) is 0 Å². The van der Waals surface area contributed by atoms with Crippen LogP contribution in [0.4, 0.5) is 11.4 Å². The summed E-state index contributed by atoms with van der Waals surface area (Å²) in [4.78, 5) is 33.7. The predicted octanol–water partition coefficient (Wildman–Crippen LogP) is 2.13. The van der Waals surface area contributed by atoms with Gasteiger partial charge in [-0.15, -0.1) is 0 Å². The summed E-state index contributed by atoms with van der Waals surface area (Å²) in [6, 6.07) is 3.26. The standard InChI is InChI=1S/C12H13N3O5/c16-12(13-6-2-1-3-7-13)9-4-5-10(14(17)18)11(8-9)15(19)20/h4-5,8H,1-3,6-7H2. The quantitative estimate of drug-likeness (QED) is 0.622. The minimum absolute atomic E-state index is 0.115. The third kappa shape index (κ3) is 2.73. The van der Waals surface area contributed by atoms with Gasteiger partial charge in [-0.05, 0) is 25.3 Å². The van der Waals surface area contributed by atoms with Crippen LogP contribution in [0.2, 0.25) is 0 Å². The summed E-state index contributed by atoms with van der Waals surface area (Å²) < 4.78 is 0. The largest absolute Gasteiger partial charge is 0.346 e. The number of hydrogen-bond acceptors (Lipinski definition) is 5. The second kappa shape index (κ2) is 5.64. The molecule has 0 aromatic heterocycles. The Morgan fingerprint density at radius 3 is 2.15 bits per heavy atom. The number of nitrogens with zero attached hydrogens (tertiary/aromatic N) is 3. The van der Waals surface area contributed by atoms with Gasteiger partial charge in [-0.3, -0.25) is 25.0 Å². The fourth-order valence-corrected chi connectivity index (χ4v) is 2.24. The van der Waals surface area contributed by atoms with E-state index >= 15 is 0 Å². The van der Waals surface area contributed by atoms with Gasteiger partial charge in [0.05, 0.1) is 9.85 Å². The van der Waals surface area contributed by atoms with Crippen molar-refractivity contribution >= 4 is 17.3 Å². The maximum absolute atomic E-state index is 12.2. The van der Waals surface area contributed by atoms with Gasteiger partial charge < -0.3 is 4.90 Å². The van der Waals surface area contributed by atoms with E-state index in [-0.39, 0.29) is 11.5 Å². The van der Waals surface area contributed by atoms with Gasteiger partial charge >= 0.3 is 11.4 Å². The summed E-state index contributed by atoms with van der Waals surface area (Å²) in [6.07, 6.45) is 2.87. The molecule has 0 spiro atoms. The summed E-state index contributed by atoms with van der Waals surface area (Å²) in [5, 5.41) is 21.6. The van der Waals surface area contributed by atoms with E-state index in [1.807, 2.05) is 0 Å². The van der Waals surface area contributed by atoms with Crippen LogP contribution in [-0.4, -0.2) is 33.7 Å². The number of nitro groups is 2. The molecule has 0 N–H and O–H groups in total. The molecule has 0 atom stereocenters. The maximum Gasteiger partial charge on any atom is 0.346 e. The molecule has 20 heavy (non-hydrogen) atoms. The van der Waals surface area contributed by atoms with Gasteiger partial charge in [-0.1, -0.05) is 0 Å². The van der Waals surface area contributed by atoms with Gasteiger partial charge in [0.1, 0.15) is 0 Å². The van der Waals surface area contributed by atoms with Crippen LogP contribution in [0.25, 0.3) is 0 Å². The molecule has 1 fully saturated rings. The van der Waals surface area contributed by atoms with Crippen LogP contribution >= 0.6 is 0 Å². The van der Waals surface area contributed by atoms with Gasteiger partial charge in [-0.25, -0.2) is 0 Å². The third-order valence-electron chi connectivity index (χ3n) is 3.26. The van der Waals surface area contributed by atoms with E-state index in [0.29, 0.717) is 13.1 Å². The minimum Gasteiger partial charge on any atom is -0.339 e. The van der Waals surface area contributed by atoms with Gasteiger partial charge in [0.15, 0.2) is 0 Å². The molecule has 106 valence electrons. The van der Waals surface area contributed by atoms with Crippen molar-refractivity contribution < 1.29 is 14.6 Å². The highest BCUT2D eigenvalue weighted by atomic mass is 16.6. The molecule has 1 aliphatic heterocycles. The van der Waals surface area contributed by atoms with Crippen LogP contribution in [0, 0.1) is 20.2 Å². The third-order valence-corrected chi connectivity index (χ3v) is 3.26. The zero-order chi connectivity index (χ0) is 14.7. The molecule has 1 aromatic carbocycles. The first-order valence-corrected chi connectivity index (χ1v) is 6.23. The van der Waals surface area contributed by atoms with E-state index in [1.165, 1.54) is 6.07 Å². The average Bonchev–Trinajstić information content (AvgIpc) is 2.46. The first-order valence-electron chi connectivity index (χ1n) is 6.23.